The number of esters is 1. The van der Waals surface area contributed by atoms with Crippen LogP contribution in [0.2, 0.25) is 0 Å². The average molecular weight is 497 g/mol. The zero-order valence-corrected chi connectivity index (χ0v) is 22.4. The van der Waals surface area contributed by atoms with Crippen molar-refractivity contribution in [3.63, 3.8) is 0 Å². The van der Waals surface area contributed by atoms with Gasteiger partial charge in [-0.25, -0.2) is 9.59 Å². The van der Waals surface area contributed by atoms with Crippen molar-refractivity contribution >= 4 is 17.9 Å². The second-order valence-electron chi connectivity index (χ2n) is 12.3. The predicted octanol–water partition coefficient (Wildman–Crippen LogP) is 6.30. The molecule has 6 nitrogen and oxygen atoms in total. The van der Waals surface area contributed by atoms with Crippen LogP contribution in [0.25, 0.3) is 0 Å². The zero-order chi connectivity index (χ0) is 26.6. The maximum absolute atomic E-state index is 12.6. The monoisotopic (exact) mass is 496 g/mol. The molecule has 36 heavy (non-hydrogen) atoms. The van der Waals surface area contributed by atoms with Crippen molar-refractivity contribution in [1.82, 2.24) is 0 Å². The standard InChI is InChI=1S/C30H40O6/c1-17(8-7-9-18(2)26(33)34)20-12-13-30(6)23-16-22-25(19(3)27(35)36-22)21(10-11-24(31)32)28(23,4)14-15-29(20,30)5/h7-9,16-17,20-21,23H,10-15H2,1-6H3,(H,31,32)(H,33,34)/b8-7+,18-9+/t17-,20-,21-,23-,28+,29-,30+/m1/s1. The molecule has 196 valence electrons. The number of aliphatic carboxylic acids is 2. The molecule has 4 rings (SSSR count). The van der Waals surface area contributed by atoms with Crippen LogP contribution in [-0.4, -0.2) is 28.1 Å². The minimum absolute atomic E-state index is 0.0214. The number of hydrogen-bond acceptors (Lipinski definition) is 4. The normalized spacial score (nSPS) is 38.8. The van der Waals surface area contributed by atoms with Gasteiger partial charge in [-0.05, 0) is 91.9 Å². The van der Waals surface area contributed by atoms with Crippen LogP contribution in [0.5, 0.6) is 0 Å². The van der Waals surface area contributed by atoms with Gasteiger partial charge in [0.1, 0.15) is 5.76 Å². The highest BCUT2D eigenvalue weighted by molar-refractivity contribution is 5.94. The lowest BCUT2D eigenvalue weighted by Gasteiger charge is -2.63. The van der Waals surface area contributed by atoms with Crippen molar-refractivity contribution in [3.05, 3.63) is 46.8 Å². The quantitative estimate of drug-likeness (QED) is 0.244. The van der Waals surface area contributed by atoms with E-state index in [1.54, 1.807) is 13.0 Å². The van der Waals surface area contributed by atoms with Crippen molar-refractivity contribution in [2.45, 2.75) is 80.1 Å². The minimum Gasteiger partial charge on any atom is -0.481 e. The number of carbonyl (C=O) groups excluding carboxylic acids is 1. The Balaban J connectivity index is 1.71. The van der Waals surface area contributed by atoms with E-state index in [0.29, 0.717) is 35.2 Å². The molecule has 0 unspecified atom stereocenters. The van der Waals surface area contributed by atoms with E-state index in [9.17, 15) is 19.5 Å². The Hall–Kier alpha value is -2.63. The summed E-state index contributed by atoms with van der Waals surface area (Å²) < 4.78 is 5.74. The van der Waals surface area contributed by atoms with Crippen molar-refractivity contribution in [3.8, 4) is 0 Å². The number of ether oxygens (including phenoxy) is 1. The van der Waals surface area contributed by atoms with E-state index in [-0.39, 0.29) is 40.5 Å². The first-order valence-electron chi connectivity index (χ1n) is 13.2. The summed E-state index contributed by atoms with van der Waals surface area (Å²) >= 11 is 0. The molecule has 0 bridgehead atoms. The molecule has 0 aromatic heterocycles. The van der Waals surface area contributed by atoms with Gasteiger partial charge in [0.2, 0.25) is 0 Å². The van der Waals surface area contributed by atoms with Gasteiger partial charge in [0.15, 0.2) is 0 Å². The third kappa shape index (κ3) is 3.88. The molecule has 0 amide bonds. The fraction of sp³-hybridized carbons (Fsp3) is 0.633. The Morgan fingerprint density at radius 3 is 2.50 bits per heavy atom. The molecule has 1 heterocycles. The molecule has 2 fully saturated rings. The molecule has 0 aromatic rings. The molecule has 0 radical (unpaired) electrons. The number of rotatable bonds is 7. The number of allylic oxidation sites excluding steroid dienone is 5. The number of carbonyl (C=O) groups is 3. The van der Waals surface area contributed by atoms with Crippen LogP contribution in [0.4, 0.5) is 0 Å². The Bertz CT molecular complexity index is 1110. The first-order valence-corrected chi connectivity index (χ1v) is 13.2. The predicted molar refractivity (Wildman–Crippen MR) is 137 cm³/mol. The molecule has 0 spiro atoms. The van der Waals surface area contributed by atoms with Crippen LogP contribution in [-0.2, 0) is 19.1 Å². The van der Waals surface area contributed by atoms with Gasteiger partial charge in [-0.1, -0.05) is 45.9 Å². The fourth-order valence-electron chi connectivity index (χ4n) is 8.37. The third-order valence-corrected chi connectivity index (χ3v) is 10.7. The number of fused-ring (bicyclic) bond motifs is 4. The van der Waals surface area contributed by atoms with Crippen LogP contribution >= 0.6 is 0 Å². The summed E-state index contributed by atoms with van der Waals surface area (Å²) in [6.07, 6.45) is 12.6. The Kier molecular flexibility index (Phi) is 6.64. The van der Waals surface area contributed by atoms with E-state index in [1.807, 2.05) is 13.0 Å². The van der Waals surface area contributed by atoms with Gasteiger partial charge in [-0.2, -0.15) is 0 Å². The number of carboxylic acid groups (broad SMARTS) is 2. The van der Waals surface area contributed by atoms with Crippen LogP contribution in [0, 0.1) is 39.9 Å². The van der Waals surface area contributed by atoms with Gasteiger partial charge in [0, 0.05) is 23.1 Å². The molecule has 2 saturated carbocycles. The molecule has 6 heteroatoms. The summed E-state index contributed by atoms with van der Waals surface area (Å²) in [4.78, 5) is 35.2. The Morgan fingerprint density at radius 1 is 1.17 bits per heavy atom. The lowest BCUT2D eigenvalue weighted by molar-refractivity contribution is -0.139. The molecule has 2 N–H and O–H groups in total. The second kappa shape index (κ2) is 9.04. The minimum atomic E-state index is -0.904. The van der Waals surface area contributed by atoms with Crippen molar-refractivity contribution in [2.75, 3.05) is 0 Å². The summed E-state index contributed by atoms with van der Waals surface area (Å²) in [5, 5.41) is 18.6. The summed E-state index contributed by atoms with van der Waals surface area (Å²) in [6, 6.07) is 0. The van der Waals surface area contributed by atoms with E-state index in [4.69, 9.17) is 9.84 Å². The van der Waals surface area contributed by atoms with Crippen LogP contribution in [0.3, 0.4) is 0 Å². The van der Waals surface area contributed by atoms with Gasteiger partial charge in [0.25, 0.3) is 0 Å². The van der Waals surface area contributed by atoms with Gasteiger partial charge in [-0.3, -0.25) is 4.79 Å². The first-order chi connectivity index (χ1) is 16.8. The summed E-state index contributed by atoms with van der Waals surface area (Å²) in [7, 11) is 0. The number of carboxylic acids is 2. The average Bonchev–Trinajstić information content (AvgIpc) is 3.24. The summed E-state index contributed by atoms with van der Waals surface area (Å²) in [5.41, 5.74) is 1.76. The lowest BCUT2D eigenvalue weighted by atomic mass is 9.41. The second-order valence-corrected chi connectivity index (χ2v) is 12.3. The molecule has 0 aromatic carbocycles. The topological polar surface area (TPSA) is 101 Å². The smallest absolute Gasteiger partial charge is 0.339 e. The largest absolute Gasteiger partial charge is 0.481 e. The van der Waals surface area contributed by atoms with E-state index in [1.165, 1.54) is 0 Å². The fourth-order valence-corrected chi connectivity index (χ4v) is 8.37. The Labute approximate surface area is 214 Å². The zero-order valence-electron chi connectivity index (χ0n) is 22.4. The summed E-state index contributed by atoms with van der Waals surface area (Å²) in [6.45, 7) is 12.8. The molecular formula is C30H40O6. The maximum atomic E-state index is 12.6. The first kappa shape index (κ1) is 26.4. The van der Waals surface area contributed by atoms with Gasteiger partial charge >= 0.3 is 17.9 Å². The van der Waals surface area contributed by atoms with Gasteiger partial charge in [0.05, 0.1) is 0 Å². The molecule has 0 saturated heterocycles. The lowest BCUT2D eigenvalue weighted by Crippen LogP contribution is -2.56. The van der Waals surface area contributed by atoms with Crippen LogP contribution < -0.4 is 0 Å². The molecular weight excluding hydrogens is 456 g/mol. The number of hydrogen-bond donors (Lipinski definition) is 2. The third-order valence-electron chi connectivity index (χ3n) is 10.7. The van der Waals surface area contributed by atoms with Gasteiger partial charge in [-0.15, -0.1) is 0 Å². The van der Waals surface area contributed by atoms with E-state index < -0.39 is 11.9 Å². The van der Waals surface area contributed by atoms with Crippen molar-refractivity contribution in [2.24, 2.45) is 39.9 Å². The highest BCUT2D eigenvalue weighted by Crippen LogP contribution is 2.74. The molecule has 7 atom stereocenters. The van der Waals surface area contributed by atoms with Crippen molar-refractivity contribution in [1.29, 1.82) is 0 Å². The highest BCUT2D eigenvalue weighted by Gasteiger charge is 2.67. The van der Waals surface area contributed by atoms with E-state index >= 15 is 0 Å². The van der Waals surface area contributed by atoms with Crippen molar-refractivity contribution < 1.29 is 29.3 Å². The van der Waals surface area contributed by atoms with Gasteiger partial charge < -0.3 is 14.9 Å². The SMILES string of the molecule is CC1=C2C(=C[C@@H]3[C@@](C)(CC[C@]4(C)[C@@H]([C@H](C)/C=C/C=C(\C)C(=O)O)CC[C@@]34C)[C@@H]2CCC(=O)O)OC1=O. The maximum Gasteiger partial charge on any atom is 0.339 e. The molecule has 3 aliphatic carbocycles. The van der Waals surface area contributed by atoms with Crippen LogP contribution in [0.15, 0.2) is 46.8 Å². The Morgan fingerprint density at radius 2 is 1.86 bits per heavy atom. The summed E-state index contributed by atoms with van der Waals surface area (Å²) in [5.74, 6) is -0.468. The highest BCUT2D eigenvalue weighted by atomic mass is 16.5. The van der Waals surface area contributed by atoms with E-state index in [2.05, 4.69) is 39.8 Å². The molecule has 4 aliphatic rings. The van der Waals surface area contributed by atoms with E-state index in [0.717, 1.165) is 31.3 Å². The van der Waals surface area contributed by atoms with Crippen LogP contribution in [0.1, 0.15) is 80.1 Å². The molecule has 1 aliphatic heterocycles.